The monoisotopic (exact) mass is 423 g/mol. The Labute approximate surface area is 184 Å². The molecule has 1 aliphatic heterocycles. The highest BCUT2D eigenvalue weighted by atomic mass is 16.2. The van der Waals surface area contributed by atoms with Crippen LogP contribution in [0, 0.1) is 5.92 Å². The number of hydrogen-bond acceptors (Lipinski definition) is 5. The van der Waals surface area contributed by atoms with Gasteiger partial charge in [-0.2, -0.15) is 0 Å². The molecule has 0 radical (unpaired) electrons. The molecular formula is C24H33N5O2. The van der Waals surface area contributed by atoms with Crippen LogP contribution in [-0.4, -0.2) is 63.8 Å². The molecule has 1 aliphatic rings. The van der Waals surface area contributed by atoms with E-state index in [4.69, 9.17) is 0 Å². The highest BCUT2D eigenvalue weighted by Gasteiger charge is 2.23. The van der Waals surface area contributed by atoms with Crippen LogP contribution in [0.15, 0.2) is 48.9 Å². The molecule has 1 fully saturated rings. The number of rotatable bonds is 9. The molecule has 7 nitrogen and oxygen atoms in total. The smallest absolute Gasteiger partial charge is 0.274 e. The molecule has 1 N–H and O–H groups in total. The van der Waals surface area contributed by atoms with E-state index in [2.05, 4.69) is 58.3 Å². The Kier molecular flexibility index (Phi) is 8.53. The summed E-state index contributed by atoms with van der Waals surface area (Å²) < 4.78 is 0. The van der Waals surface area contributed by atoms with Crippen molar-refractivity contribution in [3.05, 3.63) is 60.2 Å². The molecule has 166 valence electrons. The van der Waals surface area contributed by atoms with E-state index in [1.54, 1.807) is 11.1 Å². The van der Waals surface area contributed by atoms with Crippen LogP contribution in [0.3, 0.4) is 0 Å². The first-order valence-corrected chi connectivity index (χ1v) is 11.1. The summed E-state index contributed by atoms with van der Waals surface area (Å²) >= 11 is 0. The molecule has 0 saturated carbocycles. The van der Waals surface area contributed by atoms with Gasteiger partial charge in [0.2, 0.25) is 5.91 Å². The zero-order chi connectivity index (χ0) is 22.1. The van der Waals surface area contributed by atoms with Crippen LogP contribution >= 0.6 is 0 Å². The van der Waals surface area contributed by atoms with E-state index in [-0.39, 0.29) is 17.9 Å². The zero-order valence-electron chi connectivity index (χ0n) is 18.5. The molecule has 3 rings (SSSR count). The number of hydrogen-bond donors (Lipinski definition) is 1. The largest absolute Gasteiger partial charge is 0.353 e. The molecule has 2 amide bonds. The van der Waals surface area contributed by atoms with E-state index in [1.807, 2.05) is 6.07 Å². The summed E-state index contributed by atoms with van der Waals surface area (Å²) in [4.78, 5) is 37.5. The van der Waals surface area contributed by atoms with Gasteiger partial charge in [0.05, 0.1) is 6.20 Å². The molecule has 0 aliphatic carbocycles. The van der Waals surface area contributed by atoms with Gasteiger partial charge in [0, 0.05) is 57.6 Å². The summed E-state index contributed by atoms with van der Waals surface area (Å²) in [5.41, 5.74) is 1.64. The predicted octanol–water partition coefficient (Wildman–Crippen LogP) is 2.75. The fraction of sp³-hybridized carbons (Fsp3) is 0.500. The summed E-state index contributed by atoms with van der Waals surface area (Å²) in [6.07, 6.45) is 6.72. The normalized spacial score (nSPS) is 15.1. The number of nitrogens with one attached hydrogen (secondary N) is 1. The lowest BCUT2D eigenvalue weighted by molar-refractivity contribution is -0.122. The number of carbonyl (C=O) groups is 2. The highest BCUT2D eigenvalue weighted by Crippen LogP contribution is 2.14. The molecule has 2 heterocycles. The number of aromatic nitrogens is 2. The van der Waals surface area contributed by atoms with E-state index in [0.29, 0.717) is 31.1 Å². The van der Waals surface area contributed by atoms with Crippen molar-refractivity contribution >= 4 is 11.8 Å². The highest BCUT2D eigenvalue weighted by molar-refractivity contribution is 5.92. The summed E-state index contributed by atoms with van der Waals surface area (Å²) in [6, 6.07) is 10.7. The zero-order valence-corrected chi connectivity index (χ0v) is 18.5. The van der Waals surface area contributed by atoms with Crippen LogP contribution < -0.4 is 5.32 Å². The van der Waals surface area contributed by atoms with Crippen LogP contribution in [0.5, 0.6) is 0 Å². The van der Waals surface area contributed by atoms with Crippen molar-refractivity contribution in [3.63, 3.8) is 0 Å². The molecule has 2 aromatic rings. The average Bonchev–Trinajstić information content (AvgIpc) is 2.78. The maximum atomic E-state index is 12.8. The van der Waals surface area contributed by atoms with Gasteiger partial charge in [-0.1, -0.05) is 44.2 Å². The third-order valence-corrected chi connectivity index (χ3v) is 5.47. The lowest BCUT2D eigenvalue weighted by Gasteiger charge is -2.32. The van der Waals surface area contributed by atoms with E-state index >= 15 is 0 Å². The quantitative estimate of drug-likeness (QED) is 0.671. The number of likely N-dealkylation sites (tertiary alicyclic amines) is 1. The van der Waals surface area contributed by atoms with Crippen molar-refractivity contribution in [1.29, 1.82) is 0 Å². The second kappa shape index (κ2) is 11.6. The Bertz CT molecular complexity index is 820. The van der Waals surface area contributed by atoms with E-state index < -0.39 is 0 Å². The second-order valence-electron chi connectivity index (χ2n) is 8.59. The van der Waals surface area contributed by atoms with Crippen molar-refractivity contribution in [2.24, 2.45) is 5.92 Å². The molecule has 31 heavy (non-hydrogen) atoms. The van der Waals surface area contributed by atoms with Crippen LogP contribution in [0.1, 0.15) is 49.2 Å². The third kappa shape index (κ3) is 7.43. The van der Waals surface area contributed by atoms with Gasteiger partial charge >= 0.3 is 0 Å². The summed E-state index contributed by atoms with van der Waals surface area (Å²) in [5, 5.41) is 3.16. The molecule has 1 aromatic heterocycles. The van der Waals surface area contributed by atoms with Gasteiger partial charge in [-0.3, -0.25) is 19.5 Å². The molecule has 1 aromatic carbocycles. The SMILES string of the molecule is CC(C)CN(CCC(=O)NC1CCN(Cc2ccccc2)CC1)C(=O)c1cnccn1. The second-order valence-corrected chi connectivity index (χ2v) is 8.59. The standard InChI is InChI=1S/C24H33N5O2/c1-19(2)17-29(24(31)22-16-25-11-12-26-22)15-10-23(30)27-21-8-13-28(14-9-21)18-20-6-4-3-5-7-20/h3-7,11-12,16,19,21H,8-10,13-15,17-18H2,1-2H3,(H,27,30). The van der Waals surface area contributed by atoms with E-state index in [9.17, 15) is 9.59 Å². The Morgan fingerprint density at radius 1 is 1.16 bits per heavy atom. The molecular weight excluding hydrogens is 390 g/mol. The number of benzene rings is 1. The van der Waals surface area contributed by atoms with Crippen molar-refractivity contribution in [1.82, 2.24) is 25.1 Å². The first-order chi connectivity index (χ1) is 15.0. The lowest BCUT2D eigenvalue weighted by atomic mass is 10.0. The maximum absolute atomic E-state index is 12.8. The van der Waals surface area contributed by atoms with Crippen LogP contribution in [-0.2, 0) is 11.3 Å². The minimum atomic E-state index is -0.177. The van der Waals surface area contributed by atoms with Crippen molar-refractivity contribution in [3.8, 4) is 0 Å². The number of nitrogens with zero attached hydrogens (tertiary/aromatic N) is 4. The Morgan fingerprint density at radius 3 is 2.55 bits per heavy atom. The Morgan fingerprint density at radius 2 is 1.90 bits per heavy atom. The van der Waals surface area contributed by atoms with Gasteiger partial charge in [-0.05, 0) is 24.3 Å². The number of amides is 2. The molecule has 0 unspecified atom stereocenters. The van der Waals surface area contributed by atoms with Gasteiger partial charge in [-0.25, -0.2) is 4.98 Å². The van der Waals surface area contributed by atoms with Gasteiger partial charge in [0.15, 0.2) is 0 Å². The number of carbonyl (C=O) groups excluding carboxylic acids is 2. The van der Waals surface area contributed by atoms with Gasteiger partial charge in [-0.15, -0.1) is 0 Å². The number of piperidine rings is 1. The first kappa shape index (κ1) is 22.9. The van der Waals surface area contributed by atoms with Crippen LogP contribution in [0.4, 0.5) is 0 Å². The topological polar surface area (TPSA) is 78.4 Å². The maximum Gasteiger partial charge on any atom is 0.274 e. The lowest BCUT2D eigenvalue weighted by Crippen LogP contribution is -2.45. The summed E-state index contributed by atoms with van der Waals surface area (Å²) in [6.45, 7) is 7.98. The van der Waals surface area contributed by atoms with Gasteiger partial charge < -0.3 is 10.2 Å². The summed E-state index contributed by atoms with van der Waals surface area (Å²) in [7, 11) is 0. The van der Waals surface area contributed by atoms with Crippen molar-refractivity contribution in [2.45, 2.75) is 45.7 Å². The first-order valence-electron chi connectivity index (χ1n) is 11.1. The Balaban J connectivity index is 1.43. The fourth-order valence-corrected chi connectivity index (χ4v) is 3.90. The minimum absolute atomic E-state index is 0.00205. The third-order valence-electron chi connectivity index (χ3n) is 5.47. The minimum Gasteiger partial charge on any atom is -0.353 e. The molecule has 0 bridgehead atoms. The van der Waals surface area contributed by atoms with Crippen molar-refractivity contribution in [2.75, 3.05) is 26.2 Å². The molecule has 0 spiro atoms. The van der Waals surface area contributed by atoms with E-state index in [1.165, 1.54) is 18.0 Å². The van der Waals surface area contributed by atoms with E-state index in [0.717, 1.165) is 32.5 Å². The van der Waals surface area contributed by atoms with Crippen LogP contribution in [0.25, 0.3) is 0 Å². The van der Waals surface area contributed by atoms with Crippen LogP contribution in [0.2, 0.25) is 0 Å². The summed E-state index contributed by atoms with van der Waals surface area (Å²) in [5.74, 6) is 0.128. The van der Waals surface area contributed by atoms with Gasteiger partial charge in [0.1, 0.15) is 5.69 Å². The fourth-order valence-electron chi connectivity index (χ4n) is 3.90. The Hall–Kier alpha value is -2.80. The molecule has 0 atom stereocenters. The molecule has 1 saturated heterocycles. The van der Waals surface area contributed by atoms with Gasteiger partial charge in [0.25, 0.3) is 5.91 Å². The predicted molar refractivity (Wildman–Crippen MR) is 120 cm³/mol. The van der Waals surface area contributed by atoms with Crippen molar-refractivity contribution < 1.29 is 9.59 Å². The average molecular weight is 424 g/mol. The molecule has 7 heteroatoms.